The van der Waals surface area contributed by atoms with Crippen molar-refractivity contribution in [1.82, 2.24) is 25.4 Å². The zero-order valence-corrected chi connectivity index (χ0v) is 13.9. The number of benzene rings is 1. The van der Waals surface area contributed by atoms with E-state index in [1.165, 1.54) is 17.8 Å². The number of hydrogen-bond acceptors (Lipinski definition) is 5. The third-order valence-corrected chi connectivity index (χ3v) is 4.02. The second-order valence-electron chi connectivity index (χ2n) is 5.71. The molecule has 0 aliphatic carbocycles. The summed E-state index contributed by atoms with van der Waals surface area (Å²) >= 11 is 0. The van der Waals surface area contributed by atoms with E-state index < -0.39 is 0 Å². The fraction of sp³-hybridized carbons (Fsp3) is 0.294. The molecule has 1 aromatic carbocycles. The van der Waals surface area contributed by atoms with Crippen LogP contribution in [0.25, 0.3) is 11.3 Å². The summed E-state index contributed by atoms with van der Waals surface area (Å²) in [7, 11) is 1.90. The number of anilines is 1. The summed E-state index contributed by atoms with van der Waals surface area (Å²) in [6.45, 7) is 4.70. The highest BCUT2D eigenvalue weighted by molar-refractivity contribution is 5.59. The van der Waals surface area contributed by atoms with E-state index in [4.69, 9.17) is 0 Å². The van der Waals surface area contributed by atoms with Gasteiger partial charge in [0.2, 0.25) is 5.95 Å². The standard InChI is InChI=1S/C17H19FN6/c1-11-13(12(2)22-21-11)8-9-24(3)17-20-16(10-19-23-17)14-6-4-5-7-15(14)18/h4-7,10H,8-9H2,1-3H3,(H,21,22). The molecule has 0 aliphatic rings. The lowest BCUT2D eigenvalue weighted by Crippen LogP contribution is -2.23. The molecule has 3 rings (SSSR count). The summed E-state index contributed by atoms with van der Waals surface area (Å²) < 4.78 is 13.9. The maximum absolute atomic E-state index is 13.9. The highest BCUT2D eigenvalue weighted by atomic mass is 19.1. The van der Waals surface area contributed by atoms with Gasteiger partial charge < -0.3 is 4.90 Å². The van der Waals surface area contributed by atoms with Crippen molar-refractivity contribution < 1.29 is 4.39 Å². The molecular formula is C17H19FN6. The fourth-order valence-corrected chi connectivity index (χ4v) is 2.58. The van der Waals surface area contributed by atoms with E-state index in [9.17, 15) is 4.39 Å². The zero-order valence-electron chi connectivity index (χ0n) is 13.9. The Hall–Kier alpha value is -2.83. The van der Waals surface area contributed by atoms with Crippen LogP contribution in [0.15, 0.2) is 30.5 Å². The van der Waals surface area contributed by atoms with Crippen LogP contribution in [-0.4, -0.2) is 39.0 Å². The van der Waals surface area contributed by atoms with Gasteiger partial charge in [-0.05, 0) is 38.0 Å². The van der Waals surface area contributed by atoms with Gasteiger partial charge in [0.1, 0.15) is 5.82 Å². The topological polar surface area (TPSA) is 70.6 Å². The lowest BCUT2D eigenvalue weighted by atomic mass is 10.1. The molecule has 0 amide bonds. The summed E-state index contributed by atoms with van der Waals surface area (Å²) in [6.07, 6.45) is 2.29. The summed E-state index contributed by atoms with van der Waals surface area (Å²) in [6, 6.07) is 6.51. The summed E-state index contributed by atoms with van der Waals surface area (Å²) in [4.78, 5) is 6.34. The molecule has 3 aromatic rings. The van der Waals surface area contributed by atoms with Crippen LogP contribution in [0.3, 0.4) is 0 Å². The maximum atomic E-state index is 13.9. The van der Waals surface area contributed by atoms with Crippen molar-refractivity contribution in [3.8, 4) is 11.3 Å². The van der Waals surface area contributed by atoms with Gasteiger partial charge in [0, 0.05) is 24.8 Å². The van der Waals surface area contributed by atoms with Crippen LogP contribution >= 0.6 is 0 Å². The van der Waals surface area contributed by atoms with Gasteiger partial charge in [0.15, 0.2) is 0 Å². The third-order valence-electron chi connectivity index (χ3n) is 4.02. The van der Waals surface area contributed by atoms with Gasteiger partial charge in [0.05, 0.1) is 17.6 Å². The molecule has 2 aromatic heterocycles. The molecule has 0 aliphatic heterocycles. The minimum Gasteiger partial charge on any atom is -0.342 e. The lowest BCUT2D eigenvalue weighted by molar-refractivity contribution is 0.630. The Labute approximate surface area is 139 Å². The van der Waals surface area contributed by atoms with Crippen molar-refractivity contribution in [2.75, 3.05) is 18.5 Å². The number of nitrogens with one attached hydrogen (secondary N) is 1. The van der Waals surface area contributed by atoms with Crippen LogP contribution in [0, 0.1) is 19.7 Å². The molecule has 0 bridgehead atoms. The van der Waals surface area contributed by atoms with Crippen LogP contribution in [-0.2, 0) is 6.42 Å². The lowest BCUT2D eigenvalue weighted by Gasteiger charge is -2.17. The Kier molecular flexibility index (Phi) is 4.50. The quantitative estimate of drug-likeness (QED) is 0.780. The van der Waals surface area contributed by atoms with Crippen LogP contribution in [0.1, 0.15) is 17.0 Å². The molecule has 2 heterocycles. The molecular weight excluding hydrogens is 307 g/mol. The molecule has 0 radical (unpaired) electrons. The number of nitrogens with zero attached hydrogens (tertiary/aromatic N) is 5. The predicted molar refractivity (Wildman–Crippen MR) is 90.3 cm³/mol. The largest absolute Gasteiger partial charge is 0.342 e. The van der Waals surface area contributed by atoms with E-state index in [1.54, 1.807) is 18.2 Å². The monoisotopic (exact) mass is 326 g/mol. The molecule has 0 spiro atoms. The van der Waals surface area contributed by atoms with Crippen LogP contribution in [0.5, 0.6) is 0 Å². The molecule has 0 fully saturated rings. The molecule has 0 unspecified atom stereocenters. The second-order valence-corrected chi connectivity index (χ2v) is 5.71. The number of rotatable bonds is 5. The van der Waals surface area contributed by atoms with Crippen molar-refractivity contribution in [1.29, 1.82) is 0 Å². The first-order valence-corrected chi connectivity index (χ1v) is 7.72. The predicted octanol–water partition coefficient (Wildman–Crippen LogP) is 2.70. The number of hydrogen-bond donors (Lipinski definition) is 1. The molecule has 7 heteroatoms. The number of H-pyrrole nitrogens is 1. The first kappa shape index (κ1) is 16.0. The fourth-order valence-electron chi connectivity index (χ4n) is 2.58. The van der Waals surface area contributed by atoms with E-state index >= 15 is 0 Å². The molecule has 1 N–H and O–H groups in total. The van der Waals surface area contributed by atoms with E-state index in [0.29, 0.717) is 23.8 Å². The van der Waals surface area contributed by atoms with Gasteiger partial charge in [0.25, 0.3) is 0 Å². The summed E-state index contributed by atoms with van der Waals surface area (Å²) in [5, 5.41) is 15.2. The molecule has 124 valence electrons. The number of aromatic nitrogens is 5. The number of halogens is 1. The Balaban J connectivity index is 1.77. The Bertz CT molecular complexity index is 825. The van der Waals surface area contributed by atoms with Gasteiger partial charge in [-0.3, -0.25) is 5.10 Å². The second kappa shape index (κ2) is 6.74. The normalized spacial score (nSPS) is 10.8. The van der Waals surface area contributed by atoms with Crippen molar-refractivity contribution in [2.45, 2.75) is 20.3 Å². The van der Waals surface area contributed by atoms with Crippen LogP contribution < -0.4 is 4.90 Å². The smallest absolute Gasteiger partial charge is 0.245 e. The minimum atomic E-state index is -0.323. The Morgan fingerprint density at radius 2 is 2.00 bits per heavy atom. The highest BCUT2D eigenvalue weighted by Gasteiger charge is 2.12. The van der Waals surface area contributed by atoms with E-state index in [1.807, 2.05) is 25.8 Å². The van der Waals surface area contributed by atoms with Crippen LogP contribution in [0.4, 0.5) is 10.3 Å². The van der Waals surface area contributed by atoms with E-state index in [-0.39, 0.29) is 5.82 Å². The summed E-state index contributed by atoms with van der Waals surface area (Å²) in [5.74, 6) is 0.144. The van der Waals surface area contributed by atoms with Gasteiger partial charge in [-0.25, -0.2) is 9.37 Å². The first-order valence-electron chi connectivity index (χ1n) is 7.72. The SMILES string of the molecule is Cc1n[nH]c(C)c1CCN(C)c1nncc(-c2ccccc2F)n1. The van der Waals surface area contributed by atoms with Gasteiger partial charge >= 0.3 is 0 Å². The van der Waals surface area contributed by atoms with Gasteiger partial charge in [-0.15, -0.1) is 5.10 Å². The number of aryl methyl sites for hydroxylation is 2. The Morgan fingerprint density at radius 3 is 2.71 bits per heavy atom. The van der Waals surface area contributed by atoms with E-state index in [0.717, 1.165) is 17.8 Å². The molecule has 0 atom stereocenters. The zero-order chi connectivity index (χ0) is 17.1. The molecule has 6 nitrogen and oxygen atoms in total. The number of likely N-dealkylation sites (N-methyl/N-ethyl adjacent to an activating group) is 1. The van der Waals surface area contributed by atoms with E-state index in [2.05, 4.69) is 25.4 Å². The average molecular weight is 326 g/mol. The third kappa shape index (κ3) is 3.24. The van der Waals surface area contributed by atoms with Gasteiger partial charge in [-0.1, -0.05) is 12.1 Å². The number of aromatic amines is 1. The van der Waals surface area contributed by atoms with Crippen LogP contribution in [0.2, 0.25) is 0 Å². The maximum Gasteiger partial charge on any atom is 0.245 e. The van der Waals surface area contributed by atoms with Crippen molar-refractivity contribution >= 4 is 5.95 Å². The Morgan fingerprint density at radius 1 is 1.21 bits per heavy atom. The molecule has 24 heavy (non-hydrogen) atoms. The summed E-state index contributed by atoms with van der Waals surface area (Å²) in [5.41, 5.74) is 4.16. The minimum absolute atomic E-state index is 0.323. The molecule has 0 saturated carbocycles. The highest BCUT2D eigenvalue weighted by Crippen LogP contribution is 2.21. The first-order chi connectivity index (χ1) is 11.6. The van der Waals surface area contributed by atoms with Crippen molar-refractivity contribution in [3.63, 3.8) is 0 Å². The molecule has 0 saturated heterocycles. The van der Waals surface area contributed by atoms with Crippen molar-refractivity contribution in [2.24, 2.45) is 0 Å². The van der Waals surface area contributed by atoms with Crippen molar-refractivity contribution in [3.05, 3.63) is 53.2 Å². The van der Waals surface area contributed by atoms with Gasteiger partial charge in [-0.2, -0.15) is 10.2 Å². The average Bonchev–Trinajstić information content (AvgIpc) is 2.91.